The van der Waals surface area contributed by atoms with Gasteiger partial charge in [-0.25, -0.2) is 0 Å². The third-order valence-electron chi connectivity index (χ3n) is 1.25. The average Bonchev–Trinajstić information content (AvgIpc) is 1.94. The molecule has 0 saturated carbocycles. The Morgan fingerprint density at radius 2 is 2.08 bits per heavy atom. The van der Waals surface area contributed by atoms with Gasteiger partial charge in [0, 0.05) is 6.07 Å². The van der Waals surface area contributed by atoms with Crippen molar-refractivity contribution in [1.29, 1.82) is 0 Å². The Balaban J connectivity index is 2.94. The lowest BCUT2D eigenvalue weighted by Crippen LogP contribution is -2.17. The van der Waals surface area contributed by atoms with Gasteiger partial charge in [0.1, 0.15) is 5.75 Å². The number of alkyl halides is 3. The van der Waals surface area contributed by atoms with Gasteiger partial charge in [-0.3, -0.25) is 4.98 Å². The number of aryl methyl sites for hydroxylation is 1. The molecule has 0 aliphatic rings. The molecular weight excluding hydrogens is 187 g/mol. The van der Waals surface area contributed by atoms with Crippen LogP contribution in [0.15, 0.2) is 12.3 Å². The lowest BCUT2D eigenvalue weighted by Gasteiger charge is -2.10. The third-order valence-corrected chi connectivity index (χ3v) is 1.25. The first kappa shape index (κ1) is 9.63. The molecule has 6 heteroatoms. The maximum Gasteiger partial charge on any atom is 0.573 e. The van der Waals surface area contributed by atoms with Crippen LogP contribution in [0.1, 0.15) is 5.69 Å². The summed E-state index contributed by atoms with van der Waals surface area (Å²) < 4.78 is 38.8. The second-order valence-electron chi connectivity index (χ2n) is 2.32. The summed E-state index contributed by atoms with van der Waals surface area (Å²) in [5.74, 6) is -0.864. The molecule has 72 valence electrons. The first-order valence-electron chi connectivity index (χ1n) is 3.30. The van der Waals surface area contributed by atoms with Crippen molar-refractivity contribution < 1.29 is 23.0 Å². The maximum atomic E-state index is 11.7. The van der Waals surface area contributed by atoms with Gasteiger partial charge >= 0.3 is 6.36 Å². The highest BCUT2D eigenvalue weighted by atomic mass is 19.4. The molecule has 0 radical (unpaired) electrons. The second kappa shape index (κ2) is 3.12. The normalized spacial score (nSPS) is 11.4. The number of pyridine rings is 1. The molecule has 0 atom stereocenters. The fourth-order valence-electron chi connectivity index (χ4n) is 0.731. The van der Waals surface area contributed by atoms with E-state index in [9.17, 15) is 13.2 Å². The van der Waals surface area contributed by atoms with E-state index in [1.807, 2.05) is 0 Å². The summed E-state index contributed by atoms with van der Waals surface area (Å²) in [4.78, 5) is 3.49. The smallest absolute Gasteiger partial charge is 0.506 e. The van der Waals surface area contributed by atoms with Crippen LogP contribution in [-0.2, 0) is 0 Å². The summed E-state index contributed by atoms with van der Waals surface area (Å²) in [6, 6.07) is 0.857. The van der Waals surface area contributed by atoms with E-state index in [2.05, 4.69) is 9.72 Å². The molecule has 1 rings (SSSR count). The molecule has 0 amide bonds. The van der Waals surface area contributed by atoms with Gasteiger partial charge in [-0.15, -0.1) is 13.2 Å². The zero-order valence-corrected chi connectivity index (χ0v) is 6.59. The predicted molar refractivity (Wildman–Crippen MR) is 37.3 cm³/mol. The van der Waals surface area contributed by atoms with E-state index < -0.39 is 12.1 Å². The van der Waals surface area contributed by atoms with Crippen LogP contribution >= 0.6 is 0 Å². The molecule has 0 saturated heterocycles. The number of aromatic hydroxyl groups is 1. The molecular formula is C7H6F3NO2. The number of ether oxygens (including phenoxy) is 1. The van der Waals surface area contributed by atoms with E-state index in [1.54, 1.807) is 0 Å². The Hall–Kier alpha value is -1.46. The van der Waals surface area contributed by atoms with Gasteiger partial charge in [0.05, 0.1) is 11.9 Å². The number of hydrogen-bond donors (Lipinski definition) is 1. The highest BCUT2D eigenvalue weighted by Crippen LogP contribution is 2.27. The van der Waals surface area contributed by atoms with Crippen LogP contribution in [0.5, 0.6) is 11.5 Å². The van der Waals surface area contributed by atoms with E-state index >= 15 is 0 Å². The van der Waals surface area contributed by atoms with Crippen LogP contribution in [0, 0.1) is 6.92 Å². The highest BCUT2D eigenvalue weighted by Gasteiger charge is 2.32. The van der Waals surface area contributed by atoms with Crippen LogP contribution in [0.4, 0.5) is 13.2 Å². The Morgan fingerprint density at radius 1 is 1.46 bits per heavy atom. The maximum absolute atomic E-state index is 11.7. The van der Waals surface area contributed by atoms with Crippen molar-refractivity contribution in [3.8, 4) is 11.5 Å². The van der Waals surface area contributed by atoms with Crippen molar-refractivity contribution in [2.75, 3.05) is 0 Å². The van der Waals surface area contributed by atoms with Crippen molar-refractivity contribution in [3.05, 3.63) is 18.0 Å². The lowest BCUT2D eigenvalue weighted by atomic mass is 10.3. The first-order valence-corrected chi connectivity index (χ1v) is 3.30. The summed E-state index contributed by atoms with van der Waals surface area (Å²) in [6.07, 6.45) is -3.72. The molecule has 1 heterocycles. The minimum Gasteiger partial charge on any atom is -0.506 e. The van der Waals surface area contributed by atoms with E-state index in [0.29, 0.717) is 0 Å². The van der Waals surface area contributed by atoms with E-state index in [0.717, 1.165) is 12.3 Å². The fourth-order valence-corrected chi connectivity index (χ4v) is 0.731. The quantitative estimate of drug-likeness (QED) is 0.741. The van der Waals surface area contributed by atoms with Crippen molar-refractivity contribution in [2.24, 2.45) is 0 Å². The van der Waals surface area contributed by atoms with Crippen molar-refractivity contribution in [3.63, 3.8) is 0 Å². The standard InChI is InChI=1S/C7H6F3NO2/c1-4-6(13-7(8,9)10)2-5(12)3-11-4/h2-3,12H,1H3. The minimum absolute atomic E-state index is 0.0649. The zero-order valence-electron chi connectivity index (χ0n) is 6.59. The number of halogens is 3. The monoisotopic (exact) mass is 193 g/mol. The Kier molecular flexibility index (Phi) is 2.31. The molecule has 0 bridgehead atoms. The van der Waals surface area contributed by atoms with Gasteiger partial charge in [0.15, 0.2) is 5.75 Å². The first-order chi connectivity index (χ1) is 5.88. The van der Waals surface area contributed by atoms with Crippen LogP contribution in [-0.4, -0.2) is 16.5 Å². The highest BCUT2D eigenvalue weighted by molar-refractivity contribution is 5.33. The van der Waals surface area contributed by atoms with Crippen LogP contribution < -0.4 is 4.74 Å². The van der Waals surface area contributed by atoms with Crippen molar-refractivity contribution in [2.45, 2.75) is 13.3 Å². The van der Waals surface area contributed by atoms with Crippen molar-refractivity contribution >= 4 is 0 Å². The van der Waals surface area contributed by atoms with Gasteiger partial charge in [-0.1, -0.05) is 0 Å². The Labute approximate surface area is 71.8 Å². The Bertz CT molecular complexity index is 311. The lowest BCUT2D eigenvalue weighted by molar-refractivity contribution is -0.275. The number of aromatic nitrogens is 1. The summed E-state index contributed by atoms with van der Waals surface area (Å²) >= 11 is 0. The summed E-state index contributed by atoms with van der Waals surface area (Å²) in [6.45, 7) is 1.35. The van der Waals surface area contributed by atoms with E-state index in [-0.39, 0.29) is 11.4 Å². The number of rotatable bonds is 1. The van der Waals surface area contributed by atoms with Gasteiger partial charge in [0.25, 0.3) is 0 Å². The molecule has 0 unspecified atom stereocenters. The molecule has 0 aliphatic carbocycles. The number of nitrogens with zero attached hydrogens (tertiary/aromatic N) is 1. The molecule has 3 nitrogen and oxygen atoms in total. The predicted octanol–water partition coefficient (Wildman–Crippen LogP) is 1.99. The molecule has 13 heavy (non-hydrogen) atoms. The minimum atomic E-state index is -4.76. The van der Waals surface area contributed by atoms with E-state index in [4.69, 9.17) is 5.11 Å². The molecule has 0 spiro atoms. The fraction of sp³-hybridized carbons (Fsp3) is 0.286. The van der Waals surface area contributed by atoms with Crippen LogP contribution in [0.2, 0.25) is 0 Å². The molecule has 0 aromatic carbocycles. The molecule has 0 fully saturated rings. The SMILES string of the molecule is Cc1ncc(O)cc1OC(F)(F)F. The topological polar surface area (TPSA) is 42.4 Å². The summed E-state index contributed by atoms with van der Waals surface area (Å²) in [7, 11) is 0. The van der Waals surface area contributed by atoms with Crippen LogP contribution in [0.25, 0.3) is 0 Å². The van der Waals surface area contributed by atoms with Gasteiger partial charge < -0.3 is 9.84 Å². The average molecular weight is 193 g/mol. The number of hydrogen-bond acceptors (Lipinski definition) is 3. The zero-order chi connectivity index (χ0) is 10.1. The van der Waals surface area contributed by atoms with Crippen LogP contribution in [0.3, 0.4) is 0 Å². The molecule has 1 aromatic rings. The van der Waals surface area contributed by atoms with Gasteiger partial charge in [-0.05, 0) is 6.92 Å². The molecule has 0 aliphatic heterocycles. The van der Waals surface area contributed by atoms with Gasteiger partial charge in [0.2, 0.25) is 0 Å². The summed E-state index contributed by atoms with van der Waals surface area (Å²) in [5.41, 5.74) is 0.0649. The largest absolute Gasteiger partial charge is 0.573 e. The van der Waals surface area contributed by atoms with Crippen molar-refractivity contribution in [1.82, 2.24) is 4.98 Å². The summed E-state index contributed by atoms with van der Waals surface area (Å²) in [5, 5.41) is 8.82. The molecule has 1 N–H and O–H groups in total. The Morgan fingerprint density at radius 3 is 2.62 bits per heavy atom. The van der Waals surface area contributed by atoms with E-state index in [1.165, 1.54) is 6.92 Å². The van der Waals surface area contributed by atoms with Gasteiger partial charge in [-0.2, -0.15) is 0 Å². The molecule has 1 aromatic heterocycles. The third kappa shape index (κ3) is 2.81. The second-order valence-corrected chi connectivity index (χ2v) is 2.32.